The van der Waals surface area contributed by atoms with Crippen LogP contribution in [0.5, 0.6) is 0 Å². The lowest BCUT2D eigenvalue weighted by atomic mass is 9.84. The Bertz CT molecular complexity index is 1280. The number of esters is 2. The third kappa shape index (κ3) is 4.06. The average molecular weight is 498 g/mol. The molecule has 10 nitrogen and oxygen atoms in total. The van der Waals surface area contributed by atoms with Crippen LogP contribution in [0.3, 0.4) is 0 Å². The number of imidazole rings is 1. The summed E-state index contributed by atoms with van der Waals surface area (Å²) in [4.78, 5) is 37.6. The van der Waals surface area contributed by atoms with Crippen molar-refractivity contribution in [2.45, 2.75) is 69.7 Å². The first kappa shape index (κ1) is 24.1. The minimum atomic E-state index is -2.23. The first-order valence-corrected chi connectivity index (χ1v) is 11.9. The summed E-state index contributed by atoms with van der Waals surface area (Å²) in [5, 5.41) is 3.36. The van der Waals surface area contributed by atoms with Crippen molar-refractivity contribution in [3.05, 3.63) is 48.5 Å². The van der Waals surface area contributed by atoms with Gasteiger partial charge in [0.25, 0.3) is 0 Å². The van der Waals surface area contributed by atoms with Crippen LogP contribution in [0.2, 0.25) is 0 Å². The van der Waals surface area contributed by atoms with Gasteiger partial charge in [-0.1, -0.05) is 18.2 Å². The molecule has 2 aromatic heterocycles. The van der Waals surface area contributed by atoms with Crippen molar-refractivity contribution < 1.29 is 28.2 Å². The third-order valence-electron chi connectivity index (χ3n) is 7.13. The van der Waals surface area contributed by atoms with Gasteiger partial charge in [0.15, 0.2) is 34.5 Å². The molecule has 0 bridgehead atoms. The molecule has 4 atom stereocenters. The largest absolute Gasteiger partial charge is 0.459 e. The molecular formula is C25H28FN5O5. The molecule has 11 heteroatoms. The number of rotatable bonds is 7. The third-order valence-corrected chi connectivity index (χ3v) is 7.13. The number of nitrogens with one attached hydrogen (secondary N) is 1. The predicted molar refractivity (Wildman–Crippen MR) is 127 cm³/mol. The van der Waals surface area contributed by atoms with Gasteiger partial charge in [0, 0.05) is 13.0 Å². The molecule has 1 aromatic carbocycles. The SMILES string of the molecule is CC(=O)O[C@]1(C)[C@@H](COC(=O)c2ccccc2)O[C@@H](n2cnc3c(NC4CCC4)ncnc32)[C@]1(C)F. The Hall–Kier alpha value is -3.60. The number of fused-ring (bicyclic) bond motifs is 1. The van der Waals surface area contributed by atoms with Gasteiger partial charge in [0.1, 0.15) is 19.0 Å². The van der Waals surface area contributed by atoms with Crippen LogP contribution in [0.4, 0.5) is 10.2 Å². The first-order chi connectivity index (χ1) is 17.2. The zero-order chi connectivity index (χ0) is 25.5. The molecule has 190 valence electrons. The minimum absolute atomic E-state index is 0.318. The number of benzene rings is 1. The molecule has 2 aliphatic rings. The van der Waals surface area contributed by atoms with Crippen LogP contribution in [-0.2, 0) is 19.0 Å². The van der Waals surface area contributed by atoms with Crippen molar-refractivity contribution in [1.29, 1.82) is 0 Å². The maximum Gasteiger partial charge on any atom is 0.338 e. The number of aromatic nitrogens is 4. The molecule has 5 rings (SSSR count). The van der Waals surface area contributed by atoms with E-state index in [2.05, 4.69) is 20.3 Å². The molecular weight excluding hydrogens is 469 g/mol. The molecule has 1 saturated carbocycles. The number of carbonyl (C=O) groups excluding carboxylic acids is 2. The van der Waals surface area contributed by atoms with Gasteiger partial charge in [0.2, 0.25) is 0 Å². The van der Waals surface area contributed by atoms with E-state index in [-0.39, 0.29) is 6.61 Å². The summed E-state index contributed by atoms with van der Waals surface area (Å²) < 4.78 is 35.1. The fraction of sp³-hybridized carbons (Fsp3) is 0.480. The van der Waals surface area contributed by atoms with Crippen LogP contribution in [0.25, 0.3) is 11.2 Å². The van der Waals surface area contributed by atoms with Gasteiger partial charge in [0.05, 0.1) is 11.9 Å². The van der Waals surface area contributed by atoms with Crippen LogP contribution in [0, 0.1) is 0 Å². The Balaban J connectivity index is 1.45. The summed E-state index contributed by atoms with van der Waals surface area (Å²) in [7, 11) is 0. The lowest BCUT2D eigenvalue weighted by Gasteiger charge is -2.36. The maximum absolute atomic E-state index is 16.6. The first-order valence-electron chi connectivity index (χ1n) is 11.9. The number of nitrogens with zero attached hydrogens (tertiary/aromatic N) is 4. The van der Waals surface area contributed by atoms with Gasteiger partial charge in [-0.05, 0) is 45.2 Å². The van der Waals surface area contributed by atoms with E-state index < -0.39 is 35.5 Å². The highest BCUT2D eigenvalue weighted by Gasteiger charge is 2.66. The Labute approximate surface area is 207 Å². The molecule has 0 amide bonds. The molecule has 36 heavy (non-hydrogen) atoms. The fourth-order valence-corrected chi connectivity index (χ4v) is 4.65. The van der Waals surface area contributed by atoms with Crippen LogP contribution in [0.15, 0.2) is 43.0 Å². The zero-order valence-corrected chi connectivity index (χ0v) is 20.3. The number of ether oxygens (including phenoxy) is 3. The number of anilines is 1. The number of halogens is 1. The monoisotopic (exact) mass is 497 g/mol. The Morgan fingerprint density at radius 2 is 1.94 bits per heavy atom. The van der Waals surface area contributed by atoms with Gasteiger partial charge < -0.3 is 19.5 Å². The van der Waals surface area contributed by atoms with E-state index in [0.717, 1.165) is 19.3 Å². The van der Waals surface area contributed by atoms with Gasteiger partial charge in [-0.25, -0.2) is 24.1 Å². The van der Waals surface area contributed by atoms with Crippen molar-refractivity contribution in [3.8, 4) is 0 Å². The van der Waals surface area contributed by atoms with Crippen molar-refractivity contribution in [2.75, 3.05) is 11.9 Å². The summed E-state index contributed by atoms with van der Waals surface area (Å²) in [6.07, 6.45) is 3.70. The lowest BCUT2D eigenvalue weighted by Crippen LogP contribution is -2.55. The minimum Gasteiger partial charge on any atom is -0.459 e. The standard InChI is InChI=1S/C25H28FN5O5/c1-15(32)36-25(3)18(12-34-22(33)16-8-5-4-6-9-16)35-23(24(25,2)26)31-14-29-19-20(27-13-28-21(19)31)30-17-10-7-11-17/h4-6,8-9,13-14,17-18,23H,7,10-12H2,1-3H3,(H,27,28,30)/t18-,23-,24+,25-/m1/s1. The molecule has 3 heterocycles. The van der Waals surface area contributed by atoms with Crippen LogP contribution >= 0.6 is 0 Å². The van der Waals surface area contributed by atoms with Gasteiger partial charge >= 0.3 is 11.9 Å². The summed E-state index contributed by atoms with van der Waals surface area (Å²) in [5.74, 6) is -0.714. The van der Waals surface area contributed by atoms with Crippen molar-refractivity contribution in [2.24, 2.45) is 0 Å². The molecule has 0 unspecified atom stereocenters. The second-order valence-corrected chi connectivity index (χ2v) is 9.54. The summed E-state index contributed by atoms with van der Waals surface area (Å²) in [5.41, 5.74) is -2.81. The van der Waals surface area contributed by atoms with Crippen LogP contribution < -0.4 is 5.32 Å². The molecule has 0 radical (unpaired) electrons. The second-order valence-electron chi connectivity index (χ2n) is 9.54. The molecule has 3 aromatic rings. The fourth-order valence-electron chi connectivity index (χ4n) is 4.65. The van der Waals surface area contributed by atoms with E-state index in [9.17, 15) is 9.59 Å². The Kier molecular flexibility index (Phi) is 6.11. The lowest BCUT2D eigenvalue weighted by molar-refractivity contribution is -0.175. The highest BCUT2D eigenvalue weighted by atomic mass is 19.1. The second kappa shape index (κ2) is 9.12. The highest BCUT2D eigenvalue weighted by molar-refractivity contribution is 5.89. The zero-order valence-electron chi connectivity index (χ0n) is 20.3. The Morgan fingerprint density at radius 3 is 2.61 bits per heavy atom. The van der Waals surface area contributed by atoms with Crippen LogP contribution in [0.1, 0.15) is 56.6 Å². The van der Waals surface area contributed by atoms with Crippen molar-refractivity contribution in [1.82, 2.24) is 19.5 Å². The number of carbonyl (C=O) groups is 2. The summed E-state index contributed by atoms with van der Waals surface area (Å²) in [6.45, 7) is 3.59. The van der Waals surface area contributed by atoms with Gasteiger partial charge in [-0.2, -0.15) is 0 Å². The highest BCUT2D eigenvalue weighted by Crippen LogP contribution is 2.51. The predicted octanol–water partition coefficient (Wildman–Crippen LogP) is 3.60. The molecule has 1 saturated heterocycles. The molecule has 2 fully saturated rings. The van der Waals surface area contributed by atoms with Gasteiger partial charge in [-0.15, -0.1) is 0 Å². The van der Waals surface area contributed by atoms with E-state index >= 15 is 4.39 Å². The average Bonchev–Trinajstić information content (AvgIpc) is 3.32. The van der Waals surface area contributed by atoms with E-state index in [4.69, 9.17) is 14.2 Å². The number of hydrogen-bond donors (Lipinski definition) is 1. The molecule has 0 spiro atoms. The topological polar surface area (TPSA) is 117 Å². The smallest absolute Gasteiger partial charge is 0.338 e. The Morgan fingerprint density at radius 1 is 1.19 bits per heavy atom. The van der Waals surface area contributed by atoms with E-state index in [1.165, 1.54) is 38.0 Å². The summed E-state index contributed by atoms with van der Waals surface area (Å²) in [6, 6.07) is 8.73. The van der Waals surface area contributed by atoms with E-state index in [1.54, 1.807) is 30.3 Å². The molecule has 1 N–H and O–H groups in total. The van der Waals surface area contributed by atoms with E-state index in [1.807, 2.05) is 0 Å². The van der Waals surface area contributed by atoms with Crippen molar-refractivity contribution in [3.63, 3.8) is 0 Å². The number of alkyl halides is 1. The molecule has 1 aliphatic heterocycles. The maximum atomic E-state index is 16.6. The van der Waals surface area contributed by atoms with Gasteiger partial charge in [-0.3, -0.25) is 9.36 Å². The molecule has 1 aliphatic carbocycles. The normalized spacial score (nSPS) is 28.0. The van der Waals surface area contributed by atoms with Crippen molar-refractivity contribution >= 4 is 28.9 Å². The van der Waals surface area contributed by atoms with Crippen LogP contribution in [-0.4, -0.2) is 61.5 Å². The summed E-state index contributed by atoms with van der Waals surface area (Å²) >= 11 is 0. The quantitative estimate of drug-likeness (QED) is 0.489. The number of hydrogen-bond acceptors (Lipinski definition) is 9. The van der Waals surface area contributed by atoms with E-state index in [0.29, 0.717) is 28.6 Å².